The predicted molar refractivity (Wildman–Crippen MR) is 130 cm³/mol. The average Bonchev–Trinajstić information content (AvgIpc) is 3.55. The Balaban J connectivity index is 1.64. The van der Waals surface area contributed by atoms with Gasteiger partial charge in [0.15, 0.2) is 16.4 Å². The molecule has 0 amide bonds. The van der Waals surface area contributed by atoms with Crippen molar-refractivity contribution in [1.82, 2.24) is 9.46 Å². The van der Waals surface area contributed by atoms with Gasteiger partial charge in [0.1, 0.15) is 10.7 Å². The van der Waals surface area contributed by atoms with Crippen molar-refractivity contribution in [3.8, 4) is 5.75 Å². The van der Waals surface area contributed by atoms with E-state index in [9.17, 15) is 18.4 Å². The SMILES string of the molecule is C=C(C)[C@@H](Nc1c(Nc2cccc(S(=O)(=O)N3CCCC3)c2O)[nH]o[n+]1=O)c1cc(C(C)C)co1. The minimum absolute atomic E-state index is 0.0345. The standard InChI is InChI=1S/C23H29N5O6S/c1-14(2)16-12-18(33-13-16)20(15(3)4)25-23-22(26-34-28(23)30)24-17-8-7-9-19(21(17)29)35(31,32)27-10-5-6-11-27/h7-9,12-14,20,25H,3,5-6,10-11H2,1-2,4H3,(H2-,24,26,29,30)/p+1/t20-/m1/s1. The number of furan rings is 1. The number of rotatable bonds is 9. The Labute approximate surface area is 203 Å². The number of nitrogens with one attached hydrogen (secondary N) is 3. The van der Waals surface area contributed by atoms with Crippen LogP contribution in [0.1, 0.15) is 56.9 Å². The molecule has 0 unspecified atom stereocenters. The van der Waals surface area contributed by atoms with Crippen LogP contribution in [0.3, 0.4) is 0 Å². The number of aromatic amines is 1. The number of hydrogen-bond donors (Lipinski definition) is 4. The summed E-state index contributed by atoms with van der Waals surface area (Å²) in [5, 5.41) is 19.2. The van der Waals surface area contributed by atoms with Gasteiger partial charge in [-0.2, -0.15) is 4.31 Å². The van der Waals surface area contributed by atoms with E-state index in [4.69, 9.17) is 9.05 Å². The Bertz CT molecular complexity index is 1380. The quantitative estimate of drug-likeness (QED) is 0.250. The van der Waals surface area contributed by atoms with E-state index in [0.29, 0.717) is 24.4 Å². The Morgan fingerprint density at radius 3 is 2.63 bits per heavy atom. The normalized spacial score (nSPS) is 15.4. The zero-order chi connectivity index (χ0) is 25.3. The Morgan fingerprint density at radius 1 is 1.29 bits per heavy atom. The lowest BCUT2D eigenvalue weighted by molar-refractivity contribution is -0.701. The van der Waals surface area contributed by atoms with Crippen LogP contribution in [-0.2, 0) is 10.0 Å². The molecule has 3 aromatic rings. The van der Waals surface area contributed by atoms with Gasteiger partial charge in [-0.3, -0.25) is 5.32 Å². The minimum atomic E-state index is -3.86. The number of aromatic nitrogens is 2. The van der Waals surface area contributed by atoms with Crippen LogP contribution in [0.15, 0.2) is 56.6 Å². The maximum atomic E-state index is 13.0. The number of aromatic hydroxyl groups is 1. The van der Waals surface area contributed by atoms with Gasteiger partial charge in [-0.15, -0.1) is 4.63 Å². The third-order valence-corrected chi connectivity index (χ3v) is 7.89. The molecule has 188 valence electrons. The van der Waals surface area contributed by atoms with Crippen LogP contribution in [0.2, 0.25) is 0 Å². The Morgan fingerprint density at radius 2 is 2.00 bits per heavy atom. The van der Waals surface area contributed by atoms with E-state index in [1.807, 2.05) is 19.9 Å². The first-order chi connectivity index (χ1) is 16.6. The maximum Gasteiger partial charge on any atom is 0.367 e. The van der Waals surface area contributed by atoms with E-state index in [1.165, 1.54) is 22.5 Å². The van der Waals surface area contributed by atoms with Crippen LogP contribution in [-0.4, -0.2) is 36.1 Å². The highest BCUT2D eigenvalue weighted by Crippen LogP contribution is 2.37. The van der Waals surface area contributed by atoms with Crippen molar-refractivity contribution in [2.24, 2.45) is 0 Å². The number of phenolic OH excluding ortho intramolecular Hbond substituents is 1. The van der Waals surface area contributed by atoms with E-state index >= 15 is 0 Å². The van der Waals surface area contributed by atoms with E-state index in [-0.39, 0.29) is 32.7 Å². The second-order valence-corrected chi connectivity index (χ2v) is 10.8. The third kappa shape index (κ3) is 4.84. The lowest BCUT2D eigenvalue weighted by Gasteiger charge is -2.17. The molecule has 12 heteroatoms. The molecule has 2 aromatic heterocycles. The fraction of sp³-hybridized carbons (Fsp3) is 0.391. The molecule has 1 saturated heterocycles. The maximum absolute atomic E-state index is 13.0. The Hall–Kier alpha value is -3.51. The first-order valence-electron chi connectivity index (χ1n) is 11.3. The van der Waals surface area contributed by atoms with Gasteiger partial charge >= 0.3 is 5.82 Å². The molecule has 0 spiro atoms. The summed E-state index contributed by atoms with van der Waals surface area (Å²) in [6.45, 7) is 10.7. The average molecular weight is 505 g/mol. The smallest absolute Gasteiger partial charge is 0.367 e. The van der Waals surface area contributed by atoms with Gasteiger partial charge in [-0.1, -0.05) is 31.6 Å². The number of nitrogens with zero attached hydrogens (tertiary/aromatic N) is 2. The molecule has 0 radical (unpaired) electrons. The van der Waals surface area contributed by atoms with Crippen LogP contribution in [0.25, 0.3) is 0 Å². The summed E-state index contributed by atoms with van der Waals surface area (Å²) >= 11 is 0. The lowest BCUT2D eigenvalue weighted by atomic mass is 10.0. The van der Waals surface area contributed by atoms with Crippen molar-refractivity contribution < 1.29 is 27.2 Å². The van der Waals surface area contributed by atoms with Crippen molar-refractivity contribution in [2.75, 3.05) is 23.7 Å². The summed E-state index contributed by atoms with van der Waals surface area (Å²) in [6.07, 6.45) is 3.21. The molecule has 1 atom stereocenters. The second-order valence-electron chi connectivity index (χ2n) is 8.92. The van der Waals surface area contributed by atoms with Crippen LogP contribution >= 0.6 is 0 Å². The monoisotopic (exact) mass is 504 g/mol. The summed E-state index contributed by atoms with van der Waals surface area (Å²) in [6, 6.07) is 5.69. The van der Waals surface area contributed by atoms with E-state index < -0.39 is 21.8 Å². The van der Waals surface area contributed by atoms with Crippen LogP contribution in [0, 0.1) is 4.91 Å². The molecule has 1 aromatic carbocycles. The predicted octanol–water partition coefficient (Wildman–Crippen LogP) is 4.20. The van der Waals surface area contributed by atoms with Crippen molar-refractivity contribution in [3.63, 3.8) is 0 Å². The van der Waals surface area contributed by atoms with Crippen molar-refractivity contribution in [2.45, 2.75) is 50.5 Å². The molecule has 1 aliphatic heterocycles. The number of para-hydroxylation sites is 1. The molecule has 1 fully saturated rings. The topological polar surface area (TPSA) is 147 Å². The first kappa shape index (κ1) is 24.6. The molecule has 0 aliphatic carbocycles. The summed E-state index contributed by atoms with van der Waals surface area (Å²) < 4.78 is 38.1. The van der Waals surface area contributed by atoms with Gasteiger partial charge < -0.3 is 14.8 Å². The summed E-state index contributed by atoms with van der Waals surface area (Å²) in [5.74, 6) is 0.409. The van der Waals surface area contributed by atoms with E-state index in [0.717, 1.165) is 18.4 Å². The second kappa shape index (κ2) is 9.62. The molecular weight excluding hydrogens is 474 g/mol. The summed E-state index contributed by atoms with van der Waals surface area (Å²) in [7, 11) is -3.86. The third-order valence-electron chi connectivity index (χ3n) is 5.96. The van der Waals surface area contributed by atoms with Crippen molar-refractivity contribution >= 4 is 27.3 Å². The molecule has 0 bridgehead atoms. The molecule has 11 nitrogen and oxygen atoms in total. The first-order valence-corrected chi connectivity index (χ1v) is 12.8. The number of anilines is 3. The van der Waals surface area contributed by atoms with Crippen molar-refractivity contribution in [1.29, 1.82) is 0 Å². The van der Waals surface area contributed by atoms with Gasteiger partial charge in [0.05, 0.1) is 12.0 Å². The highest BCUT2D eigenvalue weighted by molar-refractivity contribution is 7.89. The molecule has 0 saturated carbocycles. The largest absolute Gasteiger partial charge is 0.504 e. The fourth-order valence-electron chi connectivity index (χ4n) is 3.91. The fourth-order valence-corrected chi connectivity index (χ4v) is 5.53. The van der Waals surface area contributed by atoms with Gasteiger partial charge in [0.2, 0.25) is 10.0 Å². The Kier molecular flexibility index (Phi) is 6.77. The number of benzene rings is 1. The minimum Gasteiger partial charge on any atom is -0.504 e. The molecular formula is C23H30N5O6S+. The molecule has 35 heavy (non-hydrogen) atoms. The number of H-pyrrole nitrogens is 1. The highest BCUT2D eigenvalue weighted by Gasteiger charge is 2.32. The lowest BCUT2D eigenvalue weighted by Crippen LogP contribution is -2.28. The van der Waals surface area contributed by atoms with Crippen molar-refractivity contribution in [3.05, 3.63) is 58.9 Å². The van der Waals surface area contributed by atoms with Gasteiger partial charge in [-0.25, -0.2) is 8.42 Å². The van der Waals surface area contributed by atoms with Crippen LogP contribution in [0.5, 0.6) is 5.75 Å². The number of phenols is 1. The summed E-state index contributed by atoms with van der Waals surface area (Å²) in [5.41, 5.74) is 1.77. The van der Waals surface area contributed by atoms with E-state index in [1.54, 1.807) is 13.2 Å². The van der Waals surface area contributed by atoms with E-state index in [2.05, 4.69) is 22.4 Å². The van der Waals surface area contributed by atoms with Gasteiger partial charge in [0.25, 0.3) is 5.82 Å². The molecule has 4 N–H and O–H groups in total. The molecule has 4 rings (SSSR count). The van der Waals surface area contributed by atoms with Crippen LogP contribution < -0.4 is 15.2 Å². The summed E-state index contributed by atoms with van der Waals surface area (Å²) in [4.78, 5) is 12.2. The molecule has 1 aliphatic rings. The van der Waals surface area contributed by atoms with Gasteiger partial charge in [-0.05, 0) is 59.9 Å². The van der Waals surface area contributed by atoms with Gasteiger partial charge in [0, 0.05) is 13.1 Å². The number of hydrogen-bond acceptors (Lipinski definition) is 8. The zero-order valence-electron chi connectivity index (χ0n) is 19.9. The molecule has 3 heterocycles. The van der Waals surface area contributed by atoms with Crippen LogP contribution in [0.4, 0.5) is 17.3 Å². The zero-order valence-corrected chi connectivity index (χ0v) is 20.7. The number of sulfonamides is 1. The highest BCUT2D eigenvalue weighted by atomic mass is 32.2.